The monoisotopic (exact) mass is 611 g/mol. The summed E-state index contributed by atoms with van der Waals surface area (Å²) in [6.07, 6.45) is 3.74. The smallest absolute Gasteiger partial charge is 0.343 e. The van der Waals surface area contributed by atoms with Gasteiger partial charge in [-0.05, 0) is 92.6 Å². The summed E-state index contributed by atoms with van der Waals surface area (Å²) in [6, 6.07) is 11.0. The number of hydrazone groups is 1. The van der Waals surface area contributed by atoms with Crippen LogP contribution in [0.1, 0.15) is 63.9 Å². The summed E-state index contributed by atoms with van der Waals surface area (Å²) in [5.41, 5.74) is 4.20. The molecule has 0 aliphatic heterocycles. The zero-order valence-electron chi connectivity index (χ0n) is 23.3. The molecule has 2 aromatic carbocycles. The van der Waals surface area contributed by atoms with E-state index in [4.69, 9.17) is 25.8 Å². The average Bonchev–Trinajstić information content (AvgIpc) is 3.31. The van der Waals surface area contributed by atoms with Gasteiger partial charge in [0.05, 0.1) is 30.6 Å². The molecule has 0 saturated heterocycles. The van der Waals surface area contributed by atoms with Gasteiger partial charge in [0.25, 0.3) is 0 Å². The molecule has 4 rings (SSSR count). The Hall–Kier alpha value is -4.22. The number of fused-ring (bicyclic) bond motifs is 1. The first-order chi connectivity index (χ1) is 20.2. The number of ether oxygens (including phenoxy) is 3. The lowest BCUT2D eigenvalue weighted by Gasteiger charge is -2.18. The van der Waals surface area contributed by atoms with Crippen LogP contribution >= 0.6 is 22.9 Å². The fourth-order valence-electron chi connectivity index (χ4n) is 4.34. The van der Waals surface area contributed by atoms with E-state index in [1.165, 1.54) is 23.6 Å². The molecule has 2 N–H and O–H groups in total. The Morgan fingerprint density at radius 1 is 1.02 bits per heavy atom. The lowest BCUT2D eigenvalue weighted by molar-refractivity contribution is -0.136. The third kappa shape index (κ3) is 7.54. The molecule has 0 spiro atoms. The Bertz CT molecular complexity index is 1520. The fraction of sp³-hybridized carbons (Fsp3) is 0.300. The van der Waals surface area contributed by atoms with Crippen molar-refractivity contribution in [2.75, 3.05) is 18.5 Å². The van der Waals surface area contributed by atoms with Crippen molar-refractivity contribution in [1.29, 1.82) is 0 Å². The van der Waals surface area contributed by atoms with Crippen LogP contribution in [0.15, 0.2) is 47.6 Å². The first-order valence-corrected chi connectivity index (χ1v) is 14.6. The minimum absolute atomic E-state index is 0.194. The standard InChI is InChI=1S/C30H30ClN3O7S/c1-4-39-23-15-18(7-13-22(23)41-29(37)19-8-10-20(31)11-9-19)16-32-34-27(36)26(35)33-28-25(30(38)40-5-2)21-12-6-17(3)14-24(21)42-28/h7-11,13,15-17H,4-6,12,14H2,1-3H3,(H,33,35)(H,34,36). The Morgan fingerprint density at radius 2 is 1.79 bits per heavy atom. The van der Waals surface area contributed by atoms with Crippen molar-refractivity contribution in [3.8, 4) is 11.5 Å². The number of esters is 2. The number of hydrogen-bond acceptors (Lipinski definition) is 9. The van der Waals surface area contributed by atoms with E-state index in [1.807, 2.05) is 0 Å². The molecule has 0 fully saturated rings. The van der Waals surface area contributed by atoms with E-state index >= 15 is 0 Å². The van der Waals surface area contributed by atoms with Gasteiger partial charge in [-0.3, -0.25) is 9.59 Å². The molecule has 2 amide bonds. The van der Waals surface area contributed by atoms with Crippen LogP contribution < -0.4 is 20.2 Å². The van der Waals surface area contributed by atoms with E-state index in [9.17, 15) is 19.2 Å². The number of anilines is 1. The van der Waals surface area contributed by atoms with Gasteiger partial charge in [-0.15, -0.1) is 11.3 Å². The minimum Gasteiger partial charge on any atom is -0.490 e. The molecule has 0 saturated carbocycles. The highest BCUT2D eigenvalue weighted by molar-refractivity contribution is 7.17. The fourth-order valence-corrected chi connectivity index (χ4v) is 5.86. The topological polar surface area (TPSA) is 132 Å². The van der Waals surface area contributed by atoms with Crippen molar-refractivity contribution in [3.05, 3.63) is 74.6 Å². The zero-order valence-corrected chi connectivity index (χ0v) is 24.9. The molecule has 12 heteroatoms. The molecule has 3 aromatic rings. The molecule has 1 atom stereocenters. The number of hydrogen-bond donors (Lipinski definition) is 2. The van der Waals surface area contributed by atoms with Gasteiger partial charge in [0.2, 0.25) is 0 Å². The van der Waals surface area contributed by atoms with Crippen LogP contribution in [0.5, 0.6) is 11.5 Å². The second-order valence-corrected chi connectivity index (χ2v) is 11.0. The Labute approximate surface area is 252 Å². The van der Waals surface area contributed by atoms with Gasteiger partial charge in [-0.25, -0.2) is 15.0 Å². The molecule has 1 aromatic heterocycles. The molecule has 1 aliphatic rings. The van der Waals surface area contributed by atoms with Gasteiger partial charge in [-0.2, -0.15) is 5.10 Å². The van der Waals surface area contributed by atoms with Gasteiger partial charge >= 0.3 is 23.8 Å². The maximum Gasteiger partial charge on any atom is 0.343 e. The average molecular weight is 612 g/mol. The summed E-state index contributed by atoms with van der Waals surface area (Å²) in [6.45, 7) is 6.12. The molecule has 42 heavy (non-hydrogen) atoms. The second kappa shape index (κ2) is 14.1. The van der Waals surface area contributed by atoms with Crippen LogP contribution in [-0.2, 0) is 27.2 Å². The highest BCUT2D eigenvalue weighted by Crippen LogP contribution is 2.40. The van der Waals surface area contributed by atoms with E-state index in [-0.39, 0.29) is 18.1 Å². The second-order valence-electron chi connectivity index (χ2n) is 9.47. The van der Waals surface area contributed by atoms with Gasteiger partial charge in [0, 0.05) is 9.90 Å². The molecule has 10 nitrogen and oxygen atoms in total. The van der Waals surface area contributed by atoms with Gasteiger partial charge in [0.15, 0.2) is 11.5 Å². The summed E-state index contributed by atoms with van der Waals surface area (Å²) in [7, 11) is 0. The van der Waals surface area contributed by atoms with Gasteiger partial charge in [-0.1, -0.05) is 18.5 Å². The van der Waals surface area contributed by atoms with Crippen molar-refractivity contribution in [1.82, 2.24) is 5.43 Å². The first-order valence-electron chi connectivity index (χ1n) is 13.4. The number of carbonyl (C=O) groups excluding carboxylic acids is 4. The van der Waals surface area contributed by atoms with E-state index in [0.717, 1.165) is 23.3 Å². The van der Waals surface area contributed by atoms with E-state index in [1.54, 1.807) is 50.2 Å². The Kier molecular flexibility index (Phi) is 10.3. The predicted octanol–water partition coefficient (Wildman–Crippen LogP) is 5.41. The van der Waals surface area contributed by atoms with Crippen molar-refractivity contribution < 1.29 is 33.4 Å². The summed E-state index contributed by atoms with van der Waals surface area (Å²) in [5, 5.41) is 7.21. The molecule has 0 radical (unpaired) electrons. The summed E-state index contributed by atoms with van der Waals surface area (Å²) >= 11 is 7.17. The van der Waals surface area contributed by atoms with Crippen LogP contribution in [0.3, 0.4) is 0 Å². The van der Waals surface area contributed by atoms with Crippen molar-refractivity contribution in [2.24, 2.45) is 11.0 Å². The normalized spacial score (nSPS) is 14.1. The lowest BCUT2D eigenvalue weighted by Crippen LogP contribution is -2.32. The summed E-state index contributed by atoms with van der Waals surface area (Å²) in [5.74, 6) is -2.15. The number of nitrogens with zero attached hydrogens (tertiary/aromatic N) is 1. The Morgan fingerprint density at radius 3 is 2.50 bits per heavy atom. The quantitative estimate of drug-likeness (QED) is 0.109. The largest absolute Gasteiger partial charge is 0.490 e. The minimum atomic E-state index is -1.01. The van der Waals surface area contributed by atoms with Crippen molar-refractivity contribution >= 4 is 57.9 Å². The highest BCUT2D eigenvalue weighted by Gasteiger charge is 2.30. The van der Waals surface area contributed by atoms with E-state index < -0.39 is 23.8 Å². The third-order valence-corrected chi connectivity index (χ3v) is 7.78. The van der Waals surface area contributed by atoms with E-state index in [0.29, 0.717) is 45.7 Å². The third-order valence-electron chi connectivity index (χ3n) is 6.35. The molecular weight excluding hydrogens is 582 g/mol. The molecule has 1 unspecified atom stereocenters. The van der Waals surface area contributed by atoms with Crippen LogP contribution in [-0.4, -0.2) is 43.2 Å². The first kappa shape index (κ1) is 30.7. The number of halogens is 1. The SMILES string of the molecule is CCOC(=O)c1c(NC(=O)C(=O)NN=Cc2ccc(OC(=O)c3ccc(Cl)cc3)c(OCC)c2)sc2c1CCC(C)C2. The van der Waals surface area contributed by atoms with Gasteiger partial charge in [0.1, 0.15) is 5.00 Å². The molecule has 1 aliphatic carbocycles. The van der Waals surface area contributed by atoms with Crippen LogP contribution in [0.25, 0.3) is 0 Å². The molecule has 0 bridgehead atoms. The number of amides is 2. The lowest BCUT2D eigenvalue weighted by atomic mass is 9.88. The molecular formula is C30H30ClN3O7S. The number of benzene rings is 2. The molecule has 220 valence electrons. The van der Waals surface area contributed by atoms with Crippen LogP contribution in [0.2, 0.25) is 5.02 Å². The summed E-state index contributed by atoms with van der Waals surface area (Å²) < 4.78 is 16.3. The number of carbonyl (C=O) groups is 4. The maximum atomic E-state index is 12.7. The maximum absolute atomic E-state index is 12.7. The zero-order chi connectivity index (χ0) is 30.2. The number of thiophene rings is 1. The van der Waals surface area contributed by atoms with E-state index in [2.05, 4.69) is 22.8 Å². The summed E-state index contributed by atoms with van der Waals surface area (Å²) in [4.78, 5) is 51.4. The van der Waals surface area contributed by atoms with Gasteiger partial charge < -0.3 is 19.5 Å². The van der Waals surface area contributed by atoms with Crippen molar-refractivity contribution in [3.63, 3.8) is 0 Å². The highest BCUT2D eigenvalue weighted by atomic mass is 35.5. The van der Waals surface area contributed by atoms with Crippen LogP contribution in [0.4, 0.5) is 5.00 Å². The number of rotatable bonds is 9. The molecule has 1 heterocycles. The van der Waals surface area contributed by atoms with Crippen LogP contribution in [0, 0.1) is 5.92 Å². The Balaban J connectivity index is 1.41. The predicted molar refractivity (Wildman–Crippen MR) is 160 cm³/mol. The number of nitrogens with one attached hydrogen (secondary N) is 2. The van der Waals surface area contributed by atoms with Crippen molar-refractivity contribution in [2.45, 2.75) is 40.0 Å².